The maximum absolute atomic E-state index is 5.83. The highest BCUT2D eigenvalue weighted by Gasteiger charge is 2.20. The van der Waals surface area contributed by atoms with Gasteiger partial charge in [0.05, 0.1) is 6.54 Å². The molecular weight excluding hydrogens is 266 g/mol. The molecule has 1 aromatic rings. The summed E-state index contributed by atoms with van der Waals surface area (Å²) in [5.41, 5.74) is 7.15. The maximum Gasteiger partial charge on any atom is 0.191 e. The van der Waals surface area contributed by atoms with E-state index in [1.54, 1.807) is 0 Å². The molecule has 3 nitrogen and oxygen atoms in total. The van der Waals surface area contributed by atoms with Crippen LogP contribution in [-0.2, 0) is 6.42 Å². The third kappa shape index (κ3) is 2.55. The van der Waals surface area contributed by atoms with Gasteiger partial charge < -0.3 is 10.6 Å². The summed E-state index contributed by atoms with van der Waals surface area (Å²) in [6, 6.07) is 8.82. The van der Waals surface area contributed by atoms with Crippen LogP contribution in [0.1, 0.15) is 12.5 Å². The Bertz CT molecular complexity index is 403. The summed E-state index contributed by atoms with van der Waals surface area (Å²) in [5.74, 6) is 0.683. The molecule has 2 rings (SSSR count). The maximum atomic E-state index is 5.83. The number of hydrogen-bond acceptors (Lipinski definition) is 3. The summed E-state index contributed by atoms with van der Waals surface area (Å²) >= 11 is 3.48. The van der Waals surface area contributed by atoms with Crippen molar-refractivity contribution in [2.45, 2.75) is 19.4 Å². The molecule has 0 spiro atoms. The molecule has 86 valence electrons. The first-order chi connectivity index (χ1) is 7.66. The Morgan fingerprint density at radius 2 is 2.38 bits per heavy atom. The summed E-state index contributed by atoms with van der Waals surface area (Å²) in [7, 11) is 0. The fourth-order valence-corrected chi connectivity index (χ4v) is 2.36. The Labute approximate surface area is 104 Å². The Kier molecular flexibility index (Phi) is 3.49. The summed E-state index contributed by atoms with van der Waals surface area (Å²) < 4.78 is 1.13. The zero-order valence-corrected chi connectivity index (χ0v) is 10.9. The second kappa shape index (κ2) is 4.87. The van der Waals surface area contributed by atoms with Crippen LogP contribution in [0.25, 0.3) is 0 Å². The van der Waals surface area contributed by atoms with Crippen molar-refractivity contribution < 1.29 is 0 Å². The first-order valence-electron chi connectivity index (χ1n) is 5.48. The lowest BCUT2D eigenvalue weighted by Gasteiger charge is -2.23. The first kappa shape index (κ1) is 11.5. The molecule has 1 aromatic carbocycles. The summed E-state index contributed by atoms with van der Waals surface area (Å²) in [6.07, 6.45) is 1.000. The van der Waals surface area contributed by atoms with Crippen molar-refractivity contribution in [3.8, 4) is 0 Å². The van der Waals surface area contributed by atoms with Gasteiger partial charge in [-0.15, -0.1) is 0 Å². The minimum Gasteiger partial charge on any atom is -0.370 e. The van der Waals surface area contributed by atoms with Crippen molar-refractivity contribution in [2.75, 3.05) is 13.1 Å². The lowest BCUT2D eigenvalue weighted by atomic mass is 10.1. The van der Waals surface area contributed by atoms with Crippen molar-refractivity contribution in [3.63, 3.8) is 0 Å². The van der Waals surface area contributed by atoms with Crippen molar-refractivity contribution in [1.82, 2.24) is 4.90 Å². The zero-order valence-electron chi connectivity index (χ0n) is 9.36. The third-order valence-corrected chi connectivity index (χ3v) is 3.37. The van der Waals surface area contributed by atoms with Crippen LogP contribution < -0.4 is 5.73 Å². The standard InChI is InChI=1S/C12H16BrN3/c1-9-8-15-12(14)16(9)6-5-10-3-2-4-11(13)7-10/h2-4,7,9H,5-6,8H2,1H3,(H2,14,15)/t9-/m0/s1. The van der Waals surface area contributed by atoms with Gasteiger partial charge in [-0.25, -0.2) is 0 Å². The van der Waals surface area contributed by atoms with Gasteiger partial charge in [-0.2, -0.15) is 0 Å². The average Bonchev–Trinajstić information content (AvgIpc) is 2.56. The monoisotopic (exact) mass is 281 g/mol. The number of hydrogen-bond donors (Lipinski definition) is 1. The van der Waals surface area contributed by atoms with Crippen LogP contribution in [0.15, 0.2) is 33.7 Å². The molecule has 1 heterocycles. The fourth-order valence-electron chi connectivity index (χ4n) is 1.92. The molecule has 0 bridgehead atoms. The van der Waals surface area contributed by atoms with E-state index in [0.29, 0.717) is 12.0 Å². The molecule has 1 atom stereocenters. The normalized spacial score (nSPS) is 20.0. The second-order valence-electron chi connectivity index (χ2n) is 4.12. The Balaban J connectivity index is 1.95. The van der Waals surface area contributed by atoms with Gasteiger partial charge >= 0.3 is 0 Å². The van der Waals surface area contributed by atoms with E-state index >= 15 is 0 Å². The first-order valence-corrected chi connectivity index (χ1v) is 6.27. The predicted octanol–water partition coefficient (Wildman–Crippen LogP) is 2.01. The van der Waals surface area contributed by atoms with E-state index in [-0.39, 0.29) is 0 Å². The van der Waals surface area contributed by atoms with Gasteiger partial charge in [0.2, 0.25) is 0 Å². The zero-order chi connectivity index (χ0) is 11.5. The predicted molar refractivity (Wildman–Crippen MR) is 70.5 cm³/mol. The van der Waals surface area contributed by atoms with Crippen LogP contribution in [0.4, 0.5) is 0 Å². The number of aliphatic imine (C=N–C) groups is 1. The number of nitrogens with two attached hydrogens (primary N) is 1. The third-order valence-electron chi connectivity index (χ3n) is 2.87. The molecule has 4 heteroatoms. The smallest absolute Gasteiger partial charge is 0.191 e. The van der Waals surface area contributed by atoms with Crippen molar-refractivity contribution in [3.05, 3.63) is 34.3 Å². The van der Waals surface area contributed by atoms with Crippen molar-refractivity contribution in [1.29, 1.82) is 0 Å². The van der Waals surface area contributed by atoms with E-state index in [1.807, 2.05) is 6.07 Å². The highest BCUT2D eigenvalue weighted by atomic mass is 79.9. The molecule has 1 aliphatic rings. The summed E-state index contributed by atoms with van der Waals surface area (Å²) in [6.45, 7) is 3.92. The number of benzene rings is 1. The topological polar surface area (TPSA) is 41.6 Å². The van der Waals surface area contributed by atoms with Crippen LogP contribution in [0, 0.1) is 0 Å². The van der Waals surface area contributed by atoms with Crippen LogP contribution in [0.2, 0.25) is 0 Å². The summed E-state index contributed by atoms with van der Waals surface area (Å²) in [5, 5.41) is 0. The Morgan fingerprint density at radius 3 is 3.00 bits per heavy atom. The Morgan fingerprint density at radius 1 is 1.56 bits per heavy atom. The second-order valence-corrected chi connectivity index (χ2v) is 5.04. The molecule has 0 unspecified atom stereocenters. The minimum absolute atomic E-state index is 0.437. The molecule has 2 N–H and O–H groups in total. The molecule has 0 fully saturated rings. The van der Waals surface area contributed by atoms with Gasteiger partial charge in [-0.1, -0.05) is 28.1 Å². The summed E-state index contributed by atoms with van der Waals surface area (Å²) in [4.78, 5) is 6.41. The number of guanidine groups is 1. The van der Waals surface area contributed by atoms with Crippen LogP contribution >= 0.6 is 15.9 Å². The van der Waals surface area contributed by atoms with Gasteiger partial charge in [0.25, 0.3) is 0 Å². The van der Waals surface area contributed by atoms with Crippen LogP contribution in [-0.4, -0.2) is 30.0 Å². The van der Waals surface area contributed by atoms with E-state index in [1.165, 1.54) is 5.56 Å². The quantitative estimate of drug-likeness (QED) is 0.921. The molecular formula is C12H16BrN3. The highest BCUT2D eigenvalue weighted by molar-refractivity contribution is 9.10. The fraction of sp³-hybridized carbons (Fsp3) is 0.417. The molecule has 0 aromatic heterocycles. The van der Waals surface area contributed by atoms with E-state index in [4.69, 9.17) is 5.73 Å². The number of nitrogens with zero attached hydrogens (tertiary/aromatic N) is 2. The lowest BCUT2D eigenvalue weighted by molar-refractivity contribution is 0.364. The molecule has 0 radical (unpaired) electrons. The number of halogens is 1. The SMILES string of the molecule is C[C@H]1CN=C(N)N1CCc1cccc(Br)c1. The number of rotatable bonds is 3. The minimum atomic E-state index is 0.437. The Hall–Kier alpha value is -1.03. The average molecular weight is 282 g/mol. The van der Waals surface area contributed by atoms with Gasteiger partial charge in [-0.3, -0.25) is 4.99 Å². The molecule has 1 aliphatic heterocycles. The van der Waals surface area contributed by atoms with Gasteiger partial charge in [0.15, 0.2) is 5.96 Å². The van der Waals surface area contributed by atoms with Crippen molar-refractivity contribution >= 4 is 21.9 Å². The molecule has 0 amide bonds. The van der Waals surface area contributed by atoms with E-state index < -0.39 is 0 Å². The largest absolute Gasteiger partial charge is 0.370 e. The van der Waals surface area contributed by atoms with Crippen molar-refractivity contribution in [2.24, 2.45) is 10.7 Å². The van der Waals surface area contributed by atoms with Gasteiger partial charge in [-0.05, 0) is 31.0 Å². The molecule has 0 saturated heterocycles. The van der Waals surface area contributed by atoms with Crippen LogP contribution in [0.3, 0.4) is 0 Å². The lowest BCUT2D eigenvalue weighted by Crippen LogP contribution is -2.40. The van der Waals surface area contributed by atoms with E-state index in [9.17, 15) is 0 Å². The van der Waals surface area contributed by atoms with E-state index in [0.717, 1.165) is 24.0 Å². The molecule has 0 saturated carbocycles. The van der Waals surface area contributed by atoms with E-state index in [2.05, 4.69) is 50.9 Å². The van der Waals surface area contributed by atoms with Crippen LogP contribution in [0.5, 0.6) is 0 Å². The highest BCUT2D eigenvalue weighted by Crippen LogP contribution is 2.14. The van der Waals surface area contributed by atoms with Gasteiger partial charge in [0, 0.05) is 17.1 Å². The van der Waals surface area contributed by atoms with Gasteiger partial charge in [0.1, 0.15) is 0 Å². The molecule has 16 heavy (non-hydrogen) atoms. The molecule has 0 aliphatic carbocycles.